The van der Waals surface area contributed by atoms with E-state index >= 15 is 0 Å². The second-order valence-corrected chi connectivity index (χ2v) is 4.27. The lowest BCUT2D eigenvalue weighted by atomic mass is 10.2. The zero-order chi connectivity index (χ0) is 13.2. The number of pyridine rings is 1. The predicted molar refractivity (Wildman–Crippen MR) is 73.8 cm³/mol. The monoisotopic (exact) mass is 252 g/mol. The quantitative estimate of drug-likeness (QED) is 0.748. The van der Waals surface area contributed by atoms with Gasteiger partial charge in [0.05, 0.1) is 18.3 Å². The van der Waals surface area contributed by atoms with Crippen LogP contribution in [-0.2, 0) is 6.54 Å². The lowest BCUT2D eigenvalue weighted by Crippen LogP contribution is -2.13. The molecule has 5 heteroatoms. The molecule has 1 aromatic carbocycles. The van der Waals surface area contributed by atoms with Crippen LogP contribution in [0.15, 0.2) is 53.6 Å². The molecule has 0 saturated carbocycles. The first-order valence-electron chi connectivity index (χ1n) is 5.89. The molecule has 94 valence electrons. The van der Waals surface area contributed by atoms with Crippen molar-refractivity contribution in [3.63, 3.8) is 0 Å². The second-order valence-electron chi connectivity index (χ2n) is 4.27. The molecule has 0 aliphatic heterocycles. The van der Waals surface area contributed by atoms with E-state index in [-0.39, 0.29) is 5.43 Å². The SMILES string of the molecule is Nc1cc(Cn2ncc(=O)c3ccccc32)ccn1. The van der Waals surface area contributed by atoms with Gasteiger partial charge in [0, 0.05) is 11.6 Å². The molecule has 0 fully saturated rings. The van der Waals surface area contributed by atoms with E-state index in [2.05, 4.69) is 10.1 Å². The first kappa shape index (κ1) is 11.4. The summed E-state index contributed by atoms with van der Waals surface area (Å²) in [5, 5.41) is 4.84. The van der Waals surface area contributed by atoms with Crippen LogP contribution >= 0.6 is 0 Å². The van der Waals surface area contributed by atoms with E-state index in [1.165, 1.54) is 6.20 Å². The zero-order valence-electron chi connectivity index (χ0n) is 10.2. The van der Waals surface area contributed by atoms with Crippen molar-refractivity contribution in [2.24, 2.45) is 0 Å². The summed E-state index contributed by atoms with van der Waals surface area (Å²) in [6.07, 6.45) is 3.00. The van der Waals surface area contributed by atoms with Gasteiger partial charge in [-0.2, -0.15) is 5.10 Å². The van der Waals surface area contributed by atoms with Gasteiger partial charge >= 0.3 is 0 Å². The van der Waals surface area contributed by atoms with Gasteiger partial charge in [-0.1, -0.05) is 12.1 Å². The van der Waals surface area contributed by atoms with E-state index < -0.39 is 0 Å². The Bertz CT molecular complexity index is 795. The van der Waals surface area contributed by atoms with Crippen molar-refractivity contribution in [3.05, 3.63) is 64.6 Å². The summed E-state index contributed by atoms with van der Waals surface area (Å²) in [5.74, 6) is 0.475. The summed E-state index contributed by atoms with van der Waals surface area (Å²) in [6, 6.07) is 11.1. The maximum absolute atomic E-state index is 11.7. The molecule has 5 nitrogen and oxygen atoms in total. The van der Waals surface area contributed by atoms with E-state index in [0.717, 1.165) is 11.1 Å². The van der Waals surface area contributed by atoms with Crippen LogP contribution in [0.25, 0.3) is 10.9 Å². The van der Waals surface area contributed by atoms with Crippen LogP contribution in [0.1, 0.15) is 5.56 Å². The second kappa shape index (κ2) is 4.53. The molecule has 0 aliphatic rings. The van der Waals surface area contributed by atoms with Gasteiger partial charge in [0.1, 0.15) is 5.82 Å². The summed E-state index contributed by atoms with van der Waals surface area (Å²) in [5.41, 5.74) is 7.39. The number of para-hydroxylation sites is 1. The van der Waals surface area contributed by atoms with Crippen molar-refractivity contribution in [1.82, 2.24) is 14.8 Å². The highest BCUT2D eigenvalue weighted by atomic mass is 16.1. The maximum Gasteiger partial charge on any atom is 0.207 e. The number of nitrogens with two attached hydrogens (primary N) is 1. The van der Waals surface area contributed by atoms with Gasteiger partial charge in [-0.25, -0.2) is 4.98 Å². The molecule has 3 rings (SSSR count). The fourth-order valence-electron chi connectivity index (χ4n) is 2.05. The Balaban J connectivity index is 2.11. The fourth-order valence-corrected chi connectivity index (χ4v) is 2.05. The Hall–Kier alpha value is -2.69. The Morgan fingerprint density at radius 2 is 2.05 bits per heavy atom. The zero-order valence-corrected chi connectivity index (χ0v) is 10.2. The normalized spacial score (nSPS) is 10.7. The number of benzene rings is 1. The maximum atomic E-state index is 11.7. The van der Waals surface area contributed by atoms with Crippen LogP contribution in [-0.4, -0.2) is 14.8 Å². The molecule has 19 heavy (non-hydrogen) atoms. The Morgan fingerprint density at radius 3 is 2.89 bits per heavy atom. The first-order valence-corrected chi connectivity index (χ1v) is 5.89. The molecule has 0 saturated heterocycles. The van der Waals surface area contributed by atoms with E-state index in [0.29, 0.717) is 17.7 Å². The van der Waals surface area contributed by atoms with Crippen molar-refractivity contribution in [3.8, 4) is 0 Å². The number of nitrogen functional groups attached to an aromatic ring is 1. The molecule has 0 aliphatic carbocycles. The first-order chi connectivity index (χ1) is 9.24. The number of hydrogen-bond acceptors (Lipinski definition) is 4. The Labute approximate surface area is 109 Å². The van der Waals surface area contributed by atoms with E-state index in [1.807, 2.05) is 24.3 Å². The van der Waals surface area contributed by atoms with Gasteiger partial charge in [0.2, 0.25) is 5.43 Å². The van der Waals surface area contributed by atoms with E-state index in [9.17, 15) is 4.79 Å². The highest BCUT2D eigenvalue weighted by Gasteiger charge is 2.04. The number of aromatic nitrogens is 3. The third-order valence-corrected chi connectivity index (χ3v) is 2.94. The van der Waals surface area contributed by atoms with Gasteiger partial charge in [0.15, 0.2) is 0 Å². The number of anilines is 1. The minimum atomic E-state index is -0.0684. The fraction of sp³-hybridized carbons (Fsp3) is 0.0714. The molecular formula is C14H12N4O. The largest absolute Gasteiger partial charge is 0.384 e. The molecule has 0 unspecified atom stereocenters. The molecule has 0 bridgehead atoms. The highest BCUT2D eigenvalue weighted by molar-refractivity contribution is 5.77. The summed E-state index contributed by atoms with van der Waals surface area (Å²) < 4.78 is 1.78. The number of fused-ring (bicyclic) bond motifs is 1. The van der Waals surface area contributed by atoms with Crippen molar-refractivity contribution in [2.45, 2.75) is 6.54 Å². The van der Waals surface area contributed by atoms with E-state index in [1.54, 1.807) is 23.0 Å². The molecule has 0 radical (unpaired) electrons. The van der Waals surface area contributed by atoms with Gasteiger partial charge in [0.25, 0.3) is 0 Å². The minimum Gasteiger partial charge on any atom is -0.384 e. The van der Waals surface area contributed by atoms with Crippen LogP contribution in [0.5, 0.6) is 0 Å². The van der Waals surface area contributed by atoms with Crippen molar-refractivity contribution >= 4 is 16.7 Å². The number of rotatable bonds is 2. The van der Waals surface area contributed by atoms with Crippen LogP contribution < -0.4 is 11.2 Å². The standard InChI is InChI=1S/C14H12N4O/c15-14-7-10(5-6-16-14)9-18-12-4-2-1-3-11(12)13(19)8-17-18/h1-8H,9H2,(H2,15,16). The average Bonchev–Trinajstić information content (AvgIpc) is 2.42. The molecule has 0 spiro atoms. The topological polar surface area (TPSA) is 73.8 Å². The summed E-state index contributed by atoms with van der Waals surface area (Å²) in [7, 11) is 0. The Morgan fingerprint density at radius 1 is 1.21 bits per heavy atom. The smallest absolute Gasteiger partial charge is 0.207 e. The summed E-state index contributed by atoms with van der Waals surface area (Å²) in [6.45, 7) is 0.549. The number of nitrogens with zero attached hydrogens (tertiary/aromatic N) is 3. The van der Waals surface area contributed by atoms with Crippen molar-refractivity contribution < 1.29 is 0 Å². The van der Waals surface area contributed by atoms with Gasteiger partial charge in [-0.05, 0) is 29.8 Å². The molecule has 0 atom stereocenters. The molecular weight excluding hydrogens is 240 g/mol. The third kappa shape index (κ3) is 2.18. The highest BCUT2D eigenvalue weighted by Crippen LogP contribution is 2.11. The minimum absolute atomic E-state index is 0.0684. The molecule has 2 aromatic heterocycles. The van der Waals surface area contributed by atoms with E-state index in [4.69, 9.17) is 5.73 Å². The van der Waals surface area contributed by atoms with Crippen molar-refractivity contribution in [1.29, 1.82) is 0 Å². The summed E-state index contributed by atoms with van der Waals surface area (Å²) in [4.78, 5) is 15.7. The Kier molecular flexibility index (Phi) is 2.72. The van der Waals surface area contributed by atoms with Gasteiger partial charge in [-0.15, -0.1) is 0 Å². The van der Waals surface area contributed by atoms with Crippen LogP contribution in [0.3, 0.4) is 0 Å². The van der Waals surface area contributed by atoms with Crippen LogP contribution in [0.4, 0.5) is 5.82 Å². The van der Waals surface area contributed by atoms with Crippen LogP contribution in [0, 0.1) is 0 Å². The number of hydrogen-bond donors (Lipinski definition) is 1. The lowest BCUT2D eigenvalue weighted by Gasteiger charge is -2.09. The average molecular weight is 252 g/mol. The van der Waals surface area contributed by atoms with Gasteiger partial charge in [-0.3, -0.25) is 9.48 Å². The molecule has 2 N–H and O–H groups in total. The molecule has 2 heterocycles. The predicted octanol–water partition coefficient (Wildman–Crippen LogP) is 1.42. The summed E-state index contributed by atoms with van der Waals surface area (Å²) >= 11 is 0. The van der Waals surface area contributed by atoms with Crippen molar-refractivity contribution in [2.75, 3.05) is 5.73 Å². The van der Waals surface area contributed by atoms with Gasteiger partial charge < -0.3 is 5.73 Å². The lowest BCUT2D eigenvalue weighted by molar-refractivity contribution is 0.694. The molecule has 0 amide bonds. The van der Waals surface area contributed by atoms with Crippen LogP contribution in [0.2, 0.25) is 0 Å². The molecule has 3 aromatic rings. The third-order valence-electron chi connectivity index (χ3n) is 2.94.